The Bertz CT molecular complexity index is 502. The lowest BCUT2D eigenvalue weighted by atomic mass is 9.94. The van der Waals surface area contributed by atoms with Crippen LogP contribution in [0.4, 0.5) is 4.79 Å². The second-order valence-corrected chi connectivity index (χ2v) is 6.79. The molecular weight excluding hydrogens is 290 g/mol. The lowest BCUT2D eigenvalue weighted by Gasteiger charge is -2.34. The molecule has 0 bridgehead atoms. The molecule has 1 atom stereocenters. The number of carbonyl (C=O) groups is 1. The Morgan fingerprint density at radius 3 is 2.81 bits per heavy atom. The summed E-state index contributed by atoms with van der Waals surface area (Å²) in [4.78, 5) is 22.2. The largest absolute Gasteiger partial charge is 0.444 e. The minimum Gasteiger partial charge on any atom is -0.444 e. The highest BCUT2D eigenvalue weighted by atomic mass is 35.5. The smallest absolute Gasteiger partial charge is 0.410 e. The molecule has 0 saturated carbocycles. The van der Waals surface area contributed by atoms with Gasteiger partial charge in [0.1, 0.15) is 10.8 Å². The van der Waals surface area contributed by atoms with E-state index in [1.807, 2.05) is 20.8 Å². The van der Waals surface area contributed by atoms with Gasteiger partial charge >= 0.3 is 6.09 Å². The molecule has 0 radical (unpaired) electrons. The summed E-state index contributed by atoms with van der Waals surface area (Å²) in [6, 6.07) is 0. The van der Waals surface area contributed by atoms with Gasteiger partial charge in [0.05, 0.1) is 5.69 Å². The average Bonchev–Trinajstić information content (AvgIpc) is 2.40. The maximum atomic E-state index is 12.1. The monoisotopic (exact) mass is 311 g/mol. The molecule has 21 heavy (non-hydrogen) atoms. The normalized spacial score (nSPS) is 19.4. The third kappa shape index (κ3) is 4.84. The first-order chi connectivity index (χ1) is 9.85. The number of carbonyl (C=O) groups excluding carboxylic acids is 1. The van der Waals surface area contributed by atoms with Gasteiger partial charge in [-0.15, -0.1) is 0 Å². The molecule has 0 unspecified atom stereocenters. The van der Waals surface area contributed by atoms with Crippen molar-refractivity contribution < 1.29 is 9.53 Å². The first-order valence-electron chi connectivity index (χ1n) is 7.28. The van der Waals surface area contributed by atoms with Crippen LogP contribution in [-0.4, -0.2) is 39.7 Å². The number of ether oxygens (including phenoxy) is 1. The fourth-order valence-electron chi connectivity index (χ4n) is 2.48. The predicted molar refractivity (Wildman–Crippen MR) is 81.3 cm³/mol. The molecule has 5 nitrogen and oxygen atoms in total. The molecule has 116 valence electrons. The molecule has 1 aromatic rings. The summed E-state index contributed by atoms with van der Waals surface area (Å²) in [7, 11) is 0. The Kier molecular flexibility index (Phi) is 5.04. The van der Waals surface area contributed by atoms with Crippen LogP contribution in [0.25, 0.3) is 0 Å². The van der Waals surface area contributed by atoms with Crippen molar-refractivity contribution in [2.75, 3.05) is 13.1 Å². The quantitative estimate of drug-likeness (QED) is 0.840. The Balaban J connectivity index is 1.95. The maximum Gasteiger partial charge on any atom is 0.410 e. The van der Waals surface area contributed by atoms with E-state index in [9.17, 15) is 4.79 Å². The zero-order chi connectivity index (χ0) is 15.5. The van der Waals surface area contributed by atoms with E-state index in [1.54, 1.807) is 17.3 Å². The van der Waals surface area contributed by atoms with Crippen LogP contribution in [0.2, 0.25) is 5.15 Å². The van der Waals surface area contributed by atoms with Crippen LogP contribution in [0, 0.1) is 5.92 Å². The summed E-state index contributed by atoms with van der Waals surface area (Å²) < 4.78 is 5.43. The molecule has 1 aliphatic heterocycles. The molecule has 1 amide bonds. The first-order valence-corrected chi connectivity index (χ1v) is 7.66. The molecule has 0 spiro atoms. The summed E-state index contributed by atoms with van der Waals surface area (Å²) in [5, 5.41) is 0.451. The van der Waals surface area contributed by atoms with Crippen LogP contribution in [0.5, 0.6) is 0 Å². The van der Waals surface area contributed by atoms with Gasteiger partial charge in [0.25, 0.3) is 0 Å². The summed E-state index contributed by atoms with van der Waals surface area (Å²) in [5.41, 5.74) is 0.341. The van der Waals surface area contributed by atoms with E-state index >= 15 is 0 Å². The zero-order valence-corrected chi connectivity index (χ0v) is 13.6. The van der Waals surface area contributed by atoms with Crippen LogP contribution >= 0.6 is 11.6 Å². The van der Waals surface area contributed by atoms with Crippen LogP contribution < -0.4 is 0 Å². The van der Waals surface area contributed by atoms with E-state index in [4.69, 9.17) is 16.3 Å². The molecular formula is C15H22ClN3O2. The number of amides is 1. The van der Waals surface area contributed by atoms with Crippen molar-refractivity contribution in [2.45, 2.75) is 45.6 Å². The van der Waals surface area contributed by atoms with Gasteiger partial charge in [-0.25, -0.2) is 9.78 Å². The lowest BCUT2D eigenvalue weighted by molar-refractivity contribution is 0.0165. The number of hydrogen-bond acceptors (Lipinski definition) is 4. The number of halogens is 1. The Labute approximate surface area is 130 Å². The van der Waals surface area contributed by atoms with E-state index in [2.05, 4.69) is 9.97 Å². The highest BCUT2D eigenvalue weighted by Gasteiger charge is 2.28. The number of nitrogens with zero attached hydrogens (tertiary/aromatic N) is 3. The van der Waals surface area contributed by atoms with Crippen LogP contribution in [0.3, 0.4) is 0 Å². The SMILES string of the molecule is CC(C)(C)OC(=O)N1CCC[C@H](Cc2nccnc2Cl)C1. The van der Waals surface area contributed by atoms with Gasteiger partial charge in [-0.1, -0.05) is 11.6 Å². The Morgan fingerprint density at radius 1 is 1.43 bits per heavy atom. The molecule has 1 saturated heterocycles. The third-order valence-corrected chi connectivity index (χ3v) is 3.69. The van der Waals surface area contributed by atoms with Crippen molar-refractivity contribution in [3.8, 4) is 0 Å². The minimum absolute atomic E-state index is 0.238. The average molecular weight is 312 g/mol. The van der Waals surface area contributed by atoms with Crippen LogP contribution in [0.1, 0.15) is 39.3 Å². The second kappa shape index (κ2) is 6.60. The van der Waals surface area contributed by atoms with Crippen molar-refractivity contribution >= 4 is 17.7 Å². The van der Waals surface area contributed by atoms with Gasteiger partial charge in [0.15, 0.2) is 0 Å². The fraction of sp³-hybridized carbons (Fsp3) is 0.667. The maximum absolute atomic E-state index is 12.1. The number of hydrogen-bond donors (Lipinski definition) is 0. The van der Waals surface area contributed by atoms with Gasteiger partial charge in [0.2, 0.25) is 0 Å². The highest BCUT2D eigenvalue weighted by Crippen LogP contribution is 2.23. The molecule has 0 aromatic carbocycles. The topological polar surface area (TPSA) is 55.3 Å². The molecule has 1 aromatic heterocycles. The van der Waals surface area contributed by atoms with Crippen LogP contribution in [-0.2, 0) is 11.2 Å². The number of piperidine rings is 1. The summed E-state index contributed by atoms with van der Waals surface area (Å²) in [6.07, 6.45) is 5.77. The lowest BCUT2D eigenvalue weighted by Crippen LogP contribution is -2.43. The van der Waals surface area contributed by atoms with Gasteiger partial charge in [-0.2, -0.15) is 0 Å². The molecule has 0 aliphatic carbocycles. The van der Waals surface area contributed by atoms with E-state index < -0.39 is 5.60 Å². The number of aromatic nitrogens is 2. The summed E-state index contributed by atoms with van der Waals surface area (Å²) in [6.45, 7) is 7.07. The summed E-state index contributed by atoms with van der Waals surface area (Å²) >= 11 is 6.05. The third-order valence-electron chi connectivity index (χ3n) is 3.38. The first kappa shape index (κ1) is 16.0. The number of rotatable bonds is 2. The molecule has 1 aliphatic rings. The van der Waals surface area contributed by atoms with E-state index in [0.29, 0.717) is 17.6 Å². The van der Waals surface area contributed by atoms with Crippen molar-refractivity contribution in [1.29, 1.82) is 0 Å². The van der Waals surface area contributed by atoms with Crippen molar-refractivity contribution in [2.24, 2.45) is 5.92 Å². The van der Waals surface area contributed by atoms with Crippen molar-refractivity contribution in [1.82, 2.24) is 14.9 Å². The molecule has 6 heteroatoms. The van der Waals surface area contributed by atoms with E-state index in [1.165, 1.54) is 0 Å². The van der Waals surface area contributed by atoms with Crippen LogP contribution in [0.15, 0.2) is 12.4 Å². The van der Waals surface area contributed by atoms with Gasteiger partial charge in [-0.05, 0) is 46.0 Å². The molecule has 2 rings (SSSR count). The van der Waals surface area contributed by atoms with Crippen molar-refractivity contribution in [3.63, 3.8) is 0 Å². The molecule has 1 fully saturated rings. The Hall–Kier alpha value is -1.36. The van der Waals surface area contributed by atoms with Gasteiger partial charge < -0.3 is 9.64 Å². The Morgan fingerprint density at radius 2 is 2.14 bits per heavy atom. The van der Waals surface area contributed by atoms with Gasteiger partial charge in [-0.3, -0.25) is 4.98 Å². The zero-order valence-electron chi connectivity index (χ0n) is 12.8. The predicted octanol–water partition coefficient (Wildman–Crippen LogP) is 3.32. The minimum atomic E-state index is -0.460. The molecule has 0 N–H and O–H groups in total. The van der Waals surface area contributed by atoms with E-state index in [0.717, 1.165) is 31.5 Å². The van der Waals surface area contributed by atoms with Crippen molar-refractivity contribution in [3.05, 3.63) is 23.2 Å². The standard InChI is InChI=1S/C15H22ClN3O2/c1-15(2,3)21-14(20)19-8-4-5-11(10-19)9-12-13(16)18-7-6-17-12/h6-7,11H,4-5,8-10H2,1-3H3/t11-/m1/s1. The second-order valence-electron chi connectivity index (χ2n) is 6.43. The highest BCUT2D eigenvalue weighted by molar-refractivity contribution is 6.29. The van der Waals surface area contributed by atoms with E-state index in [-0.39, 0.29) is 6.09 Å². The summed E-state index contributed by atoms with van der Waals surface area (Å²) in [5.74, 6) is 0.348. The molecule has 2 heterocycles. The fourth-order valence-corrected chi connectivity index (χ4v) is 2.67. The van der Waals surface area contributed by atoms with Gasteiger partial charge in [0, 0.05) is 25.5 Å². The number of likely N-dealkylation sites (tertiary alicyclic amines) is 1.